The molecule has 1 fully saturated rings. The standard InChI is InChI=1S/C25H26F3N5O2/c1-5-35-21-9-16(24(10-15(3)11-24)23-31-29-13-32(23)4)8-20(30-21)33-12-18-17(22(33)34)6-14(2)7-19(18)25(26,27)28/h6-9,13,15H,5,10-12H2,1-4H3. The van der Waals surface area contributed by atoms with Crippen LogP contribution in [0.3, 0.4) is 0 Å². The average Bonchev–Trinajstić information content (AvgIpc) is 3.33. The van der Waals surface area contributed by atoms with Crippen LogP contribution >= 0.6 is 0 Å². The third-order valence-electron chi connectivity index (χ3n) is 6.93. The molecule has 1 saturated carbocycles. The molecule has 0 saturated heterocycles. The van der Waals surface area contributed by atoms with Crippen molar-refractivity contribution in [2.45, 2.75) is 51.7 Å². The summed E-state index contributed by atoms with van der Waals surface area (Å²) in [6.45, 7) is 5.68. The van der Waals surface area contributed by atoms with Gasteiger partial charge in [0, 0.05) is 18.7 Å². The van der Waals surface area contributed by atoms with Crippen molar-refractivity contribution in [3.63, 3.8) is 0 Å². The van der Waals surface area contributed by atoms with E-state index in [2.05, 4.69) is 22.1 Å². The fourth-order valence-corrected chi connectivity index (χ4v) is 5.51. The molecule has 0 N–H and O–H groups in total. The SMILES string of the molecule is CCOc1cc(C2(c3nncn3C)CC(C)C2)cc(N2Cc3c(cc(C)cc3C(F)(F)F)C2=O)n1. The zero-order chi connectivity index (χ0) is 25.1. The van der Waals surface area contributed by atoms with Gasteiger partial charge < -0.3 is 9.30 Å². The van der Waals surface area contributed by atoms with Gasteiger partial charge in [0.25, 0.3) is 5.91 Å². The van der Waals surface area contributed by atoms with Gasteiger partial charge in [0.05, 0.1) is 24.1 Å². The second-order valence-electron chi connectivity index (χ2n) is 9.57. The van der Waals surface area contributed by atoms with E-state index in [-0.39, 0.29) is 23.5 Å². The molecule has 2 aromatic heterocycles. The molecule has 10 heteroatoms. The van der Waals surface area contributed by atoms with Crippen LogP contribution in [0.25, 0.3) is 0 Å². The number of hydrogen-bond acceptors (Lipinski definition) is 5. The molecular formula is C25H26F3N5O2. The molecule has 7 nitrogen and oxygen atoms in total. The van der Waals surface area contributed by atoms with Gasteiger partial charge in [-0.25, -0.2) is 0 Å². The van der Waals surface area contributed by atoms with E-state index >= 15 is 0 Å². The number of aromatic nitrogens is 4. The van der Waals surface area contributed by atoms with Gasteiger partial charge >= 0.3 is 6.18 Å². The number of ether oxygens (including phenoxy) is 1. The normalized spacial score (nSPS) is 21.7. The van der Waals surface area contributed by atoms with Crippen molar-refractivity contribution in [3.8, 4) is 5.88 Å². The van der Waals surface area contributed by atoms with Crippen LogP contribution in [0, 0.1) is 12.8 Å². The van der Waals surface area contributed by atoms with Crippen LogP contribution in [0.15, 0.2) is 30.6 Å². The third kappa shape index (κ3) is 3.75. The Kier molecular flexibility index (Phi) is 5.37. The highest BCUT2D eigenvalue weighted by molar-refractivity contribution is 6.10. The predicted octanol–water partition coefficient (Wildman–Crippen LogP) is 4.81. The zero-order valence-electron chi connectivity index (χ0n) is 20.0. The maximum Gasteiger partial charge on any atom is 0.416 e. The molecule has 184 valence electrons. The highest BCUT2D eigenvalue weighted by Crippen LogP contribution is 2.52. The minimum Gasteiger partial charge on any atom is -0.478 e. The maximum absolute atomic E-state index is 13.8. The van der Waals surface area contributed by atoms with Crippen LogP contribution in [0.2, 0.25) is 0 Å². The highest BCUT2D eigenvalue weighted by atomic mass is 19.4. The first-order valence-corrected chi connectivity index (χ1v) is 11.6. The number of halogens is 3. The molecule has 1 aliphatic carbocycles. The number of nitrogens with zero attached hydrogens (tertiary/aromatic N) is 5. The molecular weight excluding hydrogens is 459 g/mol. The number of anilines is 1. The first kappa shape index (κ1) is 23.3. The second-order valence-corrected chi connectivity index (χ2v) is 9.57. The van der Waals surface area contributed by atoms with Crippen LogP contribution in [0.4, 0.5) is 19.0 Å². The van der Waals surface area contributed by atoms with Crippen LogP contribution in [0.1, 0.15) is 65.1 Å². The molecule has 1 aromatic carbocycles. The van der Waals surface area contributed by atoms with E-state index in [0.29, 0.717) is 24.0 Å². The molecule has 35 heavy (non-hydrogen) atoms. The van der Waals surface area contributed by atoms with Crippen molar-refractivity contribution < 1.29 is 22.7 Å². The summed E-state index contributed by atoms with van der Waals surface area (Å²) in [6, 6.07) is 6.22. The summed E-state index contributed by atoms with van der Waals surface area (Å²) in [7, 11) is 1.88. The Morgan fingerprint density at radius 3 is 2.54 bits per heavy atom. The number of benzene rings is 1. The number of pyridine rings is 1. The zero-order valence-corrected chi connectivity index (χ0v) is 20.0. The topological polar surface area (TPSA) is 73.1 Å². The van der Waals surface area contributed by atoms with Gasteiger partial charge in [-0.05, 0) is 67.5 Å². The summed E-state index contributed by atoms with van der Waals surface area (Å²) in [5.41, 5.74) is 0.0374. The number of fused-ring (bicyclic) bond motifs is 1. The molecule has 0 spiro atoms. The van der Waals surface area contributed by atoms with Crippen LogP contribution in [0.5, 0.6) is 5.88 Å². The molecule has 0 bridgehead atoms. The lowest BCUT2D eigenvalue weighted by Crippen LogP contribution is -2.43. The molecule has 3 heterocycles. The van der Waals surface area contributed by atoms with Crippen molar-refractivity contribution >= 4 is 11.7 Å². The maximum atomic E-state index is 13.8. The monoisotopic (exact) mass is 485 g/mol. The molecule has 0 atom stereocenters. The van der Waals surface area contributed by atoms with Crippen molar-refractivity contribution in [1.82, 2.24) is 19.7 Å². The number of carbonyl (C=O) groups is 1. The van der Waals surface area contributed by atoms with Gasteiger partial charge in [0.1, 0.15) is 18.0 Å². The Morgan fingerprint density at radius 2 is 1.94 bits per heavy atom. The van der Waals surface area contributed by atoms with Crippen LogP contribution in [-0.2, 0) is 25.2 Å². The Balaban J connectivity index is 1.62. The first-order valence-electron chi connectivity index (χ1n) is 11.6. The number of rotatable bonds is 5. The van der Waals surface area contributed by atoms with E-state index in [4.69, 9.17) is 4.74 Å². The number of aryl methyl sites for hydroxylation is 2. The number of hydrogen-bond donors (Lipinski definition) is 0. The summed E-state index contributed by atoms with van der Waals surface area (Å²) >= 11 is 0. The third-order valence-corrected chi connectivity index (χ3v) is 6.93. The minimum absolute atomic E-state index is 0.0291. The van der Waals surface area contributed by atoms with Crippen molar-refractivity contribution in [3.05, 3.63) is 64.2 Å². The second kappa shape index (κ2) is 8.07. The number of amides is 1. The lowest BCUT2D eigenvalue weighted by Gasteiger charge is -2.46. The van der Waals surface area contributed by atoms with Gasteiger partial charge in [0.2, 0.25) is 5.88 Å². The lowest BCUT2D eigenvalue weighted by molar-refractivity contribution is -0.138. The smallest absolute Gasteiger partial charge is 0.416 e. The van der Waals surface area contributed by atoms with Crippen molar-refractivity contribution in [2.75, 3.05) is 11.5 Å². The molecule has 1 aliphatic heterocycles. The Morgan fingerprint density at radius 1 is 1.20 bits per heavy atom. The van der Waals surface area contributed by atoms with Gasteiger partial charge in [-0.2, -0.15) is 18.2 Å². The van der Waals surface area contributed by atoms with E-state index in [9.17, 15) is 18.0 Å². The molecule has 3 aromatic rings. The number of carbonyl (C=O) groups excluding carboxylic acids is 1. The van der Waals surface area contributed by atoms with Crippen molar-refractivity contribution in [2.24, 2.45) is 13.0 Å². The van der Waals surface area contributed by atoms with E-state index in [1.165, 1.54) is 11.0 Å². The fraction of sp³-hybridized carbons (Fsp3) is 0.440. The van der Waals surface area contributed by atoms with Gasteiger partial charge in [0.15, 0.2) is 0 Å². The fourth-order valence-electron chi connectivity index (χ4n) is 5.51. The predicted molar refractivity (Wildman–Crippen MR) is 122 cm³/mol. The average molecular weight is 486 g/mol. The summed E-state index contributed by atoms with van der Waals surface area (Å²) < 4.78 is 48.9. The summed E-state index contributed by atoms with van der Waals surface area (Å²) in [6.07, 6.45) is -1.27. The highest BCUT2D eigenvalue weighted by Gasteiger charge is 2.49. The minimum atomic E-state index is -4.56. The summed E-state index contributed by atoms with van der Waals surface area (Å²) in [5, 5.41) is 8.42. The Bertz CT molecular complexity index is 1310. The van der Waals surface area contributed by atoms with E-state index < -0.39 is 23.1 Å². The van der Waals surface area contributed by atoms with Crippen molar-refractivity contribution in [1.29, 1.82) is 0 Å². The largest absolute Gasteiger partial charge is 0.478 e. The van der Waals surface area contributed by atoms with E-state index in [1.807, 2.05) is 24.6 Å². The molecule has 1 amide bonds. The quantitative estimate of drug-likeness (QED) is 0.519. The Hall–Kier alpha value is -3.43. The van der Waals surface area contributed by atoms with Crippen LogP contribution in [-0.4, -0.2) is 32.3 Å². The van der Waals surface area contributed by atoms with Gasteiger partial charge in [-0.1, -0.05) is 6.92 Å². The number of alkyl halides is 3. The molecule has 2 aliphatic rings. The molecule has 0 radical (unpaired) electrons. The summed E-state index contributed by atoms with van der Waals surface area (Å²) in [5.74, 6) is 1.32. The van der Waals surface area contributed by atoms with Gasteiger partial charge in [-0.15, -0.1) is 10.2 Å². The van der Waals surface area contributed by atoms with E-state index in [0.717, 1.165) is 30.3 Å². The first-order chi connectivity index (χ1) is 16.5. The van der Waals surface area contributed by atoms with Gasteiger partial charge in [-0.3, -0.25) is 9.69 Å². The molecule has 0 unspecified atom stereocenters. The molecule has 5 rings (SSSR count). The summed E-state index contributed by atoms with van der Waals surface area (Å²) in [4.78, 5) is 19.1. The lowest BCUT2D eigenvalue weighted by atomic mass is 9.58. The Labute approximate surface area is 200 Å². The van der Waals surface area contributed by atoms with Crippen LogP contribution < -0.4 is 9.64 Å². The van der Waals surface area contributed by atoms with E-state index in [1.54, 1.807) is 19.3 Å².